The van der Waals surface area contributed by atoms with E-state index in [0.29, 0.717) is 16.1 Å². The second-order valence-corrected chi connectivity index (χ2v) is 6.37. The first-order valence-electron chi connectivity index (χ1n) is 7.63. The van der Waals surface area contributed by atoms with Crippen LogP contribution in [0.15, 0.2) is 24.3 Å². The summed E-state index contributed by atoms with van der Waals surface area (Å²) in [6, 6.07) is 6.20. The van der Waals surface area contributed by atoms with E-state index >= 15 is 0 Å². The maximum Gasteiger partial charge on any atom is 0.265 e. The SMILES string of the molecule is O=C(NC1CCCCCC1)c1snnc1-c1ccc(F)cc1. The third-order valence-electron chi connectivity index (χ3n) is 4.00. The highest BCUT2D eigenvalue weighted by molar-refractivity contribution is 7.08. The van der Waals surface area contributed by atoms with Gasteiger partial charge in [0.2, 0.25) is 0 Å². The molecule has 0 aliphatic heterocycles. The molecule has 1 saturated carbocycles. The number of benzene rings is 1. The molecule has 0 atom stereocenters. The highest BCUT2D eigenvalue weighted by Crippen LogP contribution is 2.25. The van der Waals surface area contributed by atoms with Crippen molar-refractivity contribution in [2.45, 2.75) is 44.6 Å². The highest BCUT2D eigenvalue weighted by atomic mass is 32.1. The lowest BCUT2D eigenvalue weighted by Crippen LogP contribution is -2.34. The van der Waals surface area contributed by atoms with Crippen molar-refractivity contribution < 1.29 is 9.18 Å². The summed E-state index contributed by atoms with van der Waals surface area (Å²) >= 11 is 1.08. The van der Waals surface area contributed by atoms with Gasteiger partial charge in [-0.15, -0.1) is 5.10 Å². The average molecular weight is 319 g/mol. The number of hydrogen-bond donors (Lipinski definition) is 1. The molecule has 1 aliphatic carbocycles. The second kappa shape index (κ2) is 6.96. The number of nitrogens with zero attached hydrogens (tertiary/aromatic N) is 2. The van der Waals surface area contributed by atoms with E-state index in [-0.39, 0.29) is 17.8 Å². The van der Waals surface area contributed by atoms with Crippen molar-refractivity contribution in [3.63, 3.8) is 0 Å². The summed E-state index contributed by atoms with van der Waals surface area (Å²) in [6.07, 6.45) is 6.88. The van der Waals surface area contributed by atoms with Crippen LogP contribution in [0, 0.1) is 5.82 Å². The normalized spacial score (nSPS) is 16.2. The van der Waals surface area contributed by atoms with Crippen molar-refractivity contribution in [2.75, 3.05) is 0 Å². The Hall–Kier alpha value is -1.82. The Morgan fingerprint density at radius 1 is 1.14 bits per heavy atom. The fourth-order valence-corrected chi connectivity index (χ4v) is 3.40. The largest absolute Gasteiger partial charge is 0.348 e. The summed E-state index contributed by atoms with van der Waals surface area (Å²) in [5.41, 5.74) is 1.23. The van der Waals surface area contributed by atoms with Crippen molar-refractivity contribution in [2.24, 2.45) is 0 Å². The minimum Gasteiger partial charge on any atom is -0.348 e. The van der Waals surface area contributed by atoms with Crippen LogP contribution in [0.4, 0.5) is 4.39 Å². The smallest absolute Gasteiger partial charge is 0.265 e. The van der Waals surface area contributed by atoms with Crippen LogP contribution in [0.3, 0.4) is 0 Å². The van der Waals surface area contributed by atoms with Gasteiger partial charge in [0, 0.05) is 11.6 Å². The number of aromatic nitrogens is 2. The summed E-state index contributed by atoms with van der Waals surface area (Å²) in [4.78, 5) is 13.0. The maximum absolute atomic E-state index is 13.0. The third kappa shape index (κ3) is 3.50. The van der Waals surface area contributed by atoms with E-state index in [4.69, 9.17) is 0 Å². The molecule has 3 rings (SSSR count). The second-order valence-electron chi connectivity index (χ2n) is 5.62. The number of amides is 1. The molecular weight excluding hydrogens is 301 g/mol. The molecule has 0 spiro atoms. The molecule has 2 aromatic rings. The Morgan fingerprint density at radius 2 is 1.82 bits per heavy atom. The molecule has 4 nitrogen and oxygen atoms in total. The fourth-order valence-electron chi connectivity index (χ4n) is 2.81. The monoisotopic (exact) mass is 319 g/mol. The molecule has 1 N–H and O–H groups in total. The lowest BCUT2D eigenvalue weighted by atomic mass is 10.1. The quantitative estimate of drug-likeness (QED) is 0.876. The number of carbonyl (C=O) groups is 1. The molecule has 1 heterocycles. The Morgan fingerprint density at radius 3 is 2.50 bits per heavy atom. The predicted molar refractivity (Wildman–Crippen MR) is 84.3 cm³/mol. The molecule has 1 aliphatic rings. The van der Waals surface area contributed by atoms with E-state index in [1.165, 1.54) is 25.0 Å². The molecule has 22 heavy (non-hydrogen) atoms. The Kier molecular flexibility index (Phi) is 4.77. The van der Waals surface area contributed by atoms with Crippen LogP contribution in [0.2, 0.25) is 0 Å². The van der Waals surface area contributed by atoms with E-state index in [9.17, 15) is 9.18 Å². The molecule has 1 amide bonds. The van der Waals surface area contributed by atoms with E-state index in [1.807, 2.05) is 0 Å². The van der Waals surface area contributed by atoms with Crippen molar-refractivity contribution in [1.82, 2.24) is 14.9 Å². The highest BCUT2D eigenvalue weighted by Gasteiger charge is 2.21. The Bertz CT molecular complexity index is 633. The van der Waals surface area contributed by atoms with Gasteiger partial charge >= 0.3 is 0 Å². The lowest BCUT2D eigenvalue weighted by Gasteiger charge is -2.15. The van der Waals surface area contributed by atoms with Crippen molar-refractivity contribution in [3.8, 4) is 11.3 Å². The summed E-state index contributed by atoms with van der Waals surface area (Å²) in [5, 5.41) is 7.13. The number of carbonyl (C=O) groups excluding carboxylic acids is 1. The number of halogens is 1. The van der Waals surface area contributed by atoms with Gasteiger partial charge in [-0.05, 0) is 48.6 Å². The molecule has 1 aromatic heterocycles. The summed E-state index contributed by atoms with van der Waals surface area (Å²) in [5.74, 6) is -0.433. The molecule has 0 unspecified atom stereocenters. The van der Waals surface area contributed by atoms with Crippen LogP contribution < -0.4 is 5.32 Å². The predicted octanol–water partition coefficient (Wildman–Crippen LogP) is 3.80. The zero-order chi connectivity index (χ0) is 15.4. The molecule has 1 aromatic carbocycles. The van der Waals surface area contributed by atoms with Gasteiger partial charge in [-0.2, -0.15) is 0 Å². The number of hydrogen-bond acceptors (Lipinski definition) is 4. The van der Waals surface area contributed by atoms with Crippen LogP contribution in [-0.4, -0.2) is 21.5 Å². The first-order valence-corrected chi connectivity index (χ1v) is 8.40. The first-order chi connectivity index (χ1) is 10.7. The van der Waals surface area contributed by atoms with Crippen molar-refractivity contribution in [3.05, 3.63) is 35.0 Å². The van der Waals surface area contributed by atoms with Gasteiger partial charge in [-0.3, -0.25) is 4.79 Å². The standard InChI is InChI=1S/C16H18FN3OS/c17-12-9-7-11(8-10-12)14-15(22-20-19-14)16(21)18-13-5-3-1-2-4-6-13/h7-10,13H,1-6H2,(H,18,21). The zero-order valence-corrected chi connectivity index (χ0v) is 13.0. The van der Waals surface area contributed by atoms with E-state index < -0.39 is 0 Å². The summed E-state index contributed by atoms with van der Waals surface area (Å²) < 4.78 is 16.9. The molecule has 6 heteroatoms. The summed E-state index contributed by atoms with van der Waals surface area (Å²) in [6.45, 7) is 0. The molecule has 116 valence electrons. The van der Waals surface area contributed by atoms with Gasteiger partial charge in [0.25, 0.3) is 5.91 Å². The van der Waals surface area contributed by atoms with Crippen LogP contribution in [0.1, 0.15) is 48.2 Å². The fraction of sp³-hybridized carbons (Fsp3) is 0.438. The molecular formula is C16H18FN3OS. The number of nitrogens with one attached hydrogen (secondary N) is 1. The maximum atomic E-state index is 13.0. The Balaban J connectivity index is 1.76. The molecule has 0 saturated heterocycles. The van der Waals surface area contributed by atoms with Gasteiger partial charge in [0.15, 0.2) is 0 Å². The molecule has 0 bridgehead atoms. The summed E-state index contributed by atoms with van der Waals surface area (Å²) in [7, 11) is 0. The van der Waals surface area contributed by atoms with Crippen LogP contribution in [-0.2, 0) is 0 Å². The Labute approximate surface area is 132 Å². The van der Waals surface area contributed by atoms with Crippen LogP contribution in [0.25, 0.3) is 11.3 Å². The van der Waals surface area contributed by atoms with Gasteiger partial charge < -0.3 is 5.32 Å². The van der Waals surface area contributed by atoms with Crippen molar-refractivity contribution >= 4 is 17.4 Å². The average Bonchev–Trinajstić information content (AvgIpc) is 2.87. The minimum absolute atomic E-state index is 0.124. The minimum atomic E-state index is -0.309. The van der Waals surface area contributed by atoms with Crippen LogP contribution in [0.5, 0.6) is 0 Å². The molecule has 0 radical (unpaired) electrons. The van der Waals surface area contributed by atoms with Crippen LogP contribution >= 0.6 is 11.5 Å². The van der Waals surface area contributed by atoms with Gasteiger partial charge in [0.1, 0.15) is 16.4 Å². The zero-order valence-electron chi connectivity index (χ0n) is 12.2. The van der Waals surface area contributed by atoms with E-state index in [1.54, 1.807) is 12.1 Å². The van der Waals surface area contributed by atoms with Gasteiger partial charge in [-0.1, -0.05) is 30.2 Å². The van der Waals surface area contributed by atoms with E-state index in [0.717, 1.165) is 37.2 Å². The van der Waals surface area contributed by atoms with Gasteiger partial charge in [-0.25, -0.2) is 4.39 Å². The third-order valence-corrected chi connectivity index (χ3v) is 4.73. The van der Waals surface area contributed by atoms with Crippen molar-refractivity contribution in [1.29, 1.82) is 0 Å². The molecule has 1 fully saturated rings. The first kappa shape index (κ1) is 15.1. The number of rotatable bonds is 3. The van der Waals surface area contributed by atoms with Gasteiger partial charge in [0.05, 0.1) is 0 Å². The topological polar surface area (TPSA) is 54.9 Å². The van der Waals surface area contributed by atoms with E-state index in [2.05, 4.69) is 14.9 Å². The lowest BCUT2D eigenvalue weighted by molar-refractivity contribution is 0.0938.